The van der Waals surface area contributed by atoms with Gasteiger partial charge >= 0.3 is 0 Å². The van der Waals surface area contributed by atoms with Gasteiger partial charge in [-0.1, -0.05) is 18.2 Å². The second-order valence-corrected chi connectivity index (χ2v) is 6.00. The molecule has 0 unspecified atom stereocenters. The molecular weight excluding hydrogens is 303 g/mol. The predicted molar refractivity (Wildman–Crippen MR) is 100 cm³/mol. The van der Waals surface area contributed by atoms with Crippen molar-refractivity contribution >= 4 is 11.6 Å². The first kappa shape index (κ1) is 18.3. The predicted octanol–water partition coefficient (Wildman–Crippen LogP) is 3.32. The molecule has 0 spiro atoms. The van der Waals surface area contributed by atoms with Crippen molar-refractivity contribution in [2.24, 2.45) is 4.99 Å². The van der Waals surface area contributed by atoms with Crippen molar-refractivity contribution in [1.29, 1.82) is 0 Å². The molecule has 24 heavy (non-hydrogen) atoms. The molecule has 0 bridgehead atoms. The molecule has 0 aromatic heterocycles. The van der Waals surface area contributed by atoms with Gasteiger partial charge in [0.1, 0.15) is 5.82 Å². The fourth-order valence-electron chi connectivity index (χ4n) is 2.89. The number of hydrogen-bond acceptors (Lipinski definition) is 2. The minimum Gasteiger partial charge on any atom is -0.371 e. The number of allylic oxidation sites excluding steroid dienone is 1. The van der Waals surface area contributed by atoms with Gasteiger partial charge in [-0.2, -0.15) is 0 Å². The molecule has 1 aliphatic rings. The summed E-state index contributed by atoms with van der Waals surface area (Å²) in [5.74, 6) is 0.724. The Morgan fingerprint density at radius 2 is 2.17 bits per heavy atom. The van der Waals surface area contributed by atoms with E-state index >= 15 is 0 Å². The van der Waals surface area contributed by atoms with Crippen molar-refractivity contribution in [3.63, 3.8) is 0 Å². The number of piperidine rings is 1. The zero-order valence-corrected chi connectivity index (χ0v) is 14.8. The number of benzene rings is 1. The van der Waals surface area contributed by atoms with Gasteiger partial charge in [0.25, 0.3) is 0 Å². The van der Waals surface area contributed by atoms with Gasteiger partial charge in [-0.25, -0.2) is 4.39 Å². The summed E-state index contributed by atoms with van der Waals surface area (Å²) in [6.45, 7) is 7.62. The van der Waals surface area contributed by atoms with Crippen LogP contribution in [0.4, 0.5) is 10.1 Å². The summed E-state index contributed by atoms with van der Waals surface area (Å²) in [7, 11) is 0. The van der Waals surface area contributed by atoms with Gasteiger partial charge in [0.05, 0.1) is 0 Å². The number of anilines is 1. The Morgan fingerprint density at radius 3 is 2.83 bits per heavy atom. The number of aliphatic imine (C=N–C) groups is 1. The monoisotopic (exact) mass is 332 g/mol. The summed E-state index contributed by atoms with van der Waals surface area (Å²) in [6.07, 6.45) is 7.19. The lowest BCUT2D eigenvalue weighted by Crippen LogP contribution is -2.48. The molecule has 0 saturated carbocycles. The van der Waals surface area contributed by atoms with Crippen LogP contribution in [0.25, 0.3) is 0 Å². The van der Waals surface area contributed by atoms with Gasteiger partial charge in [0, 0.05) is 37.9 Å². The summed E-state index contributed by atoms with van der Waals surface area (Å²) in [4.78, 5) is 6.86. The summed E-state index contributed by atoms with van der Waals surface area (Å²) < 4.78 is 13.4. The third-order valence-corrected chi connectivity index (χ3v) is 4.15. The lowest BCUT2D eigenvalue weighted by Gasteiger charge is -2.34. The van der Waals surface area contributed by atoms with Gasteiger partial charge in [0.15, 0.2) is 5.96 Å². The molecule has 132 valence electrons. The molecule has 0 aliphatic carbocycles. The molecule has 1 aliphatic heterocycles. The Bertz CT molecular complexity index is 548. The topological polar surface area (TPSA) is 39.7 Å². The minimum absolute atomic E-state index is 0.171. The van der Waals surface area contributed by atoms with Gasteiger partial charge in [0.2, 0.25) is 0 Å². The van der Waals surface area contributed by atoms with Crippen LogP contribution in [0.15, 0.2) is 41.4 Å². The van der Waals surface area contributed by atoms with E-state index < -0.39 is 0 Å². The molecule has 2 N–H and O–H groups in total. The highest BCUT2D eigenvalue weighted by atomic mass is 19.1. The number of nitrogens with zero attached hydrogens (tertiary/aromatic N) is 2. The van der Waals surface area contributed by atoms with E-state index in [1.807, 2.05) is 13.0 Å². The molecule has 0 amide bonds. The molecular formula is C19H29FN4. The Hall–Kier alpha value is -2.04. The van der Waals surface area contributed by atoms with E-state index in [0.717, 1.165) is 57.1 Å². The van der Waals surface area contributed by atoms with Crippen molar-refractivity contribution in [1.82, 2.24) is 10.6 Å². The third-order valence-electron chi connectivity index (χ3n) is 4.15. The normalized spacial score (nSPS) is 16.6. The zero-order valence-electron chi connectivity index (χ0n) is 14.8. The van der Waals surface area contributed by atoms with Crippen molar-refractivity contribution in [2.45, 2.75) is 39.2 Å². The highest BCUT2D eigenvalue weighted by Gasteiger charge is 2.20. The van der Waals surface area contributed by atoms with Crippen LogP contribution in [0.5, 0.6) is 0 Å². The zero-order chi connectivity index (χ0) is 17.2. The second kappa shape index (κ2) is 9.96. The average Bonchev–Trinajstić information content (AvgIpc) is 2.59. The summed E-state index contributed by atoms with van der Waals surface area (Å²) in [6, 6.07) is 7.26. The Labute approximate surface area is 144 Å². The molecule has 1 aromatic rings. The molecule has 1 saturated heterocycles. The standard InChI is InChI=1S/C19H29FN4/c1-3-5-6-12-22-19(21-4-2)23-17-10-13-24(14-11-17)18-9-7-8-16(20)15-18/h3,5,7-9,15,17H,4,6,10-14H2,1-2H3,(H2,21,22,23). The number of halogens is 1. The molecule has 0 radical (unpaired) electrons. The van der Waals surface area contributed by atoms with E-state index in [0.29, 0.717) is 6.04 Å². The van der Waals surface area contributed by atoms with Gasteiger partial charge in [-0.15, -0.1) is 0 Å². The second-order valence-electron chi connectivity index (χ2n) is 6.00. The average molecular weight is 332 g/mol. The lowest BCUT2D eigenvalue weighted by atomic mass is 10.0. The van der Waals surface area contributed by atoms with Crippen LogP contribution in [0.2, 0.25) is 0 Å². The molecule has 4 nitrogen and oxygen atoms in total. The van der Waals surface area contributed by atoms with E-state index in [4.69, 9.17) is 0 Å². The molecule has 1 fully saturated rings. The SMILES string of the molecule is CC=CCCN=C(NCC)NC1CCN(c2cccc(F)c2)CC1. The van der Waals surface area contributed by atoms with Crippen LogP contribution in [0.1, 0.15) is 33.1 Å². The number of rotatable bonds is 6. The Kier molecular flexibility index (Phi) is 7.59. The van der Waals surface area contributed by atoms with Crippen LogP contribution in [-0.4, -0.2) is 38.2 Å². The molecule has 5 heteroatoms. The van der Waals surface area contributed by atoms with E-state index in [-0.39, 0.29) is 5.82 Å². The number of guanidine groups is 1. The summed E-state index contributed by atoms with van der Waals surface area (Å²) in [5.41, 5.74) is 0.973. The maximum Gasteiger partial charge on any atom is 0.191 e. The summed E-state index contributed by atoms with van der Waals surface area (Å²) >= 11 is 0. The van der Waals surface area contributed by atoms with Crippen molar-refractivity contribution in [3.05, 3.63) is 42.2 Å². The fraction of sp³-hybridized carbons (Fsp3) is 0.526. The lowest BCUT2D eigenvalue weighted by molar-refractivity contribution is 0.461. The smallest absolute Gasteiger partial charge is 0.191 e. The molecule has 2 rings (SSSR count). The minimum atomic E-state index is -0.171. The van der Waals surface area contributed by atoms with Crippen LogP contribution >= 0.6 is 0 Å². The third kappa shape index (κ3) is 5.87. The molecule has 0 atom stereocenters. The molecule has 1 aromatic carbocycles. The van der Waals surface area contributed by atoms with E-state index in [1.165, 1.54) is 6.07 Å². The maximum absolute atomic E-state index is 13.4. The first-order chi connectivity index (χ1) is 11.7. The highest BCUT2D eigenvalue weighted by molar-refractivity contribution is 5.80. The van der Waals surface area contributed by atoms with Crippen molar-refractivity contribution in [2.75, 3.05) is 31.1 Å². The number of hydrogen-bond donors (Lipinski definition) is 2. The van der Waals surface area contributed by atoms with Crippen LogP contribution in [0, 0.1) is 5.82 Å². The Morgan fingerprint density at radius 1 is 1.38 bits per heavy atom. The first-order valence-electron chi connectivity index (χ1n) is 8.89. The number of nitrogens with one attached hydrogen (secondary N) is 2. The van der Waals surface area contributed by atoms with E-state index in [2.05, 4.69) is 39.6 Å². The van der Waals surface area contributed by atoms with Crippen LogP contribution in [-0.2, 0) is 0 Å². The van der Waals surface area contributed by atoms with Crippen LogP contribution < -0.4 is 15.5 Å². The Balaban J connectivity index is 1.83. The van der Waals surface area contributed by atoms with E-state index in [9.17, 15) is 4.39 Å². The highest BCUT2D eigenvalue weighted by Crippen LogP contribution is 2.20. The maximum atomic E-state index is 13.4. The van der Waals surface area contributed by atoms with E-state index in [1.54, 1.807) is 12.1 Å². The molecule has 1 heterocycles. The van der Waals surface area contributed by atoms with Gasteiger partial charge in [-0.3, -0.25) is 4.99 Å². The summed E-state index contributed by atoms with van der Waals surface area (Å²) in [5, 5.41) is 6.84. The quantitative estimate of drug-likeness (QED) is 0.363. The van der Waals surface area contributed by atoms with Crippen molar-refractivity contribution in [3.8, 4) is 0 Å². The first-order valence-corrected chi connectivity index (χ1v) is 8.89. The van der Waals surface area contributed by atoms with Crippen molar-refractivity contribution < 1.29 is 4.39 Å². The van der Waals surface area contributed by atoms with Gasteiger partial charge < -0.3 is 15.5 Å². The largest absolute Gasteiger partial charge is 0.371 e. The fourth-order valence-corrected chi connectivity index (χ4v) is 2.89. The van der Waals surface area contributed by atoms with Gasteiger partial charge in [-0.05, 0) is 51.3 Å². The van der Waals surface area contributed by atoms with Crippen LogP contribution in [0.3, 0.4) is 0 Å².